The lowest BCUT2D eigenvalue weighted by molar-refractivity contribution is 0.602. The zero-order valence-electron chi connectivity index (χ0n) is 9.74. The van der Waals surface area contributed by atoms with E-state index in [1.807, 2.05) is 30.3 Å². The number of aromatic nitrogens is 1. The van der Waals surface area contributed by atoms with Crippen molar-refractivity contribution in [2.24, 2.45) is 0 Å². The monoisotopic (exact) mass is 279 g/mol. The highest BCUT2D eigenvalue weighted by Crippen LogP contribution is 2.34. The highest BCUT2D eigenvalue weighted by atomic mass is 32.2. The Hall–Kier alpha value is -1.07. The molecule has 3 rings (SSSR count). The van der Waals surface area contributed by atoms with E-state index in [9.17, 15) is 8.42 Å². The molecule has 18 heavy (non-hydrogen) atoms. The number of benzene rings is 1. The number of nitrogens with zero attached hydrogens (tertiary/aromatic N) is 1. The number of para-hydroxylation sites is 1. The van der Waals surface area contributed by atoms with Gasteiger partial charge in [-0.3, -0.25) is 4.98 Å². The summed E-state index contributed by atoms with van der Waals surface area (Å²) in [5.74, 6) is 0.615. The van der Waals surface area contributed by atoms with Crippen molar-refractivity contribution < 1.29 is 8.42 Å². The Morgan fingerprint density at radius 2 is 2.06 bits per heavy atom. The van der Waals surface area contributed by atoms with Gasteiger partial charge in [0.15, 0.2) is 9.84 Å². The standard InChI is InChI=1S/C13H13NO2S2/c15-18(16)8-6-11(9-18)17-12-5-1-3-10-4-2-7-14-13(10)12/h1-5,7,11H,6,8-9H2. The van der Waals surface area contributed by atoms with Gasteiger partial charge in [-0.15, -0.1) is 11.8 Å². The van der Waals surface area contributed by atoms with Crippen molar-refractivity contribution >= 4 is 32.5 Å². The van der Waals surface area contributed by atoms with Crippen LogP contribution < -0.4 is 0 Å². The van der Waals surface area contributed by atoms with Crippen LogP contribution >= 0.6 is 11.8 Å². The molecule has 94 valence electrons. The Labute approximate surface area is 111 Å². The van der Waals surface area contributed by atoms with Crippen LogP contribution in [0.4, 0.5) is 0 Å². The Morgan fingerprint density at radius 1 is 1.22 bits per heavy atom. The van der Waals surface area contributed by atoms with Crippen LogP contribution in [0.3, 0.4) is 0 Å². The van der Waals surface area contributed by atoms with Crippen LogP contribution in [-0.2, 0) is 9.84 Å². The Bertz CT molecular complexity index is 677. The molecule has 3 nitrogen and oxygen atoms in total. The van der Waals surface area contributed by atoms with Gasteiger partial charge in [-0.1, -0.05) is 18.2 Å². The molecule has 1 aromatic carbocycles. The van der Waals surface area contributed by atoms with Crippen LogP contribution in [0.25, 0.3) is 10.9 Å². The van der Waals surface area contributed by atoms with Gasteiger partial charge in [-0.25, -0.2) is 8.42 Å². The van der Waals surface area contributed by atoms with Crippen molar-refractivity contribution in [3.8, 4) is 0 Å². The molecular weight excluding hydrogens is 266 g/mol. The third-order valence-corrected chi connectivity index (χ3v) is 6.38. The smallest absolute Gasteiger partial charge is 0.151 e. The van der Waals surface area contributed by atoms with Gasteiger partial charge in [0.2, 0.25) is 0 Å². The first kappa shape index (κ1) is 12.0. The molecule has 1 saturated heterocycles. The number of sulfone groups is 1. The third kappa shape index (κ3) is 2.37. The molecule has 5 heteroatoms. The molecule has 0 N–H and O–H groups in total. The summed E-state index contributed by atoms with van der Waals surface area (Å²) in [4.78, 5) is 5.47. The first-order chi connectivity index (χ1) is 8.64. The molecule has 1 aliphatic heterocycles. The zero-order valence-corrected chi connectivity index (χ0v) is 11.4. The predicted molar refractivity (Wildman–Crippen MR) is 74.7 cm³/mol. The van der Waals surface area contributed by atoms with Crippen molar-refractivity contribution in [2.45, 2.75) is 16.6 Å². The lowest BCUT2D eigenvalue weighted by atomic mass is 10.2. The Morgan fingerprint density at radius 3 is 2.83 bits per heavy atom. The highest BCUT2D eigenvalue weighted by molar-refractivity contribution is 8.02. The first-order valence-electron chi connectivity index (χ1n) is 5.85. The number of hydrogen-bond donors (Lipinski definition) is 0. The zero-order chi connectivity index (χ0) is 12.6. The van der Waals surface area contributed by atoms with Crippen LogP contribution in [0.2, 0.25) is 0 Å². The van der Waals surface area contributed by atoms with Crippen LogP contribution in [0, 0.1) is 0 Å². The molecule has 0 saturated carbocycles. The molecule has 0 spiro atoms. The number of hydrogen-bond acceptors (Lipinski definition) is 4. The van der Waals surface area contributed by atoms with Gasteiger partial charge in [0.1, 0.15) is 0 Å². The molecule has 1 fully saturated rings. The Kier molecular flexibility index (Phi) is 3.03. The van der Waals surface area contributed by atoms with Crippen LogP contribution in [-0.4, -0.2) is 30.2 Å². The number of rotatable bonds is 2. The average Bonchev–Trinajstić information content (AvgIpc) is 2.69. The molecule has 0 radical (unpaired) electrons. The number of thioether (sulfide) groups is 1. The maximum atomic E-state index is 11.5. The van der Waals surface area contributed by atoms with Crippen molar-refractivity contribution in [3.05, 3.63) is 36.5 Å². The quantitative estimate of drug-likeness (QED) is 0.847. The van der Waals surface area contributed by atoms with Gasteiger partial charge in [-0.05, 0) is 18.6 Å². The van der Waals surface area contributed by atoms with Crippen LogP contribution in [0.15, 0.2) is 41.4 Å². The molecule has 0 bridgehead atoms. The first-order valence-corrected chi connectivity index (χ1v) is 8.55. The summed E-state index contributed by atoms with van der Waals surface area (Å²) < 4.78 is 22.9. The maximum absolute atomic E-state index is 11.5. The molecule has 0 aliphatic carbocycles. The molecule has 1 unspecified atom stereocenters. The molecule has 1 atom stereocenters. The van der Waals surface area contributed by atoms with E-state index in [2.05, 4.69) is 4.98 Å². The second kappa shape index (κ2) is 4.55. The van der Waals surface area contributed by atoms with E-state index in [1.54, 1.807) is 18.0 Å². The van der Waals surface area contributed by atoms with E-state index >= 15 is 0 Å². The molecule has 2 aromatic rings. The summed E-state index contributed by atoms with van der Waals surface area (Å²) in [6.45, 7) is 0. The highest BCUT2D eigenvalue weighted by Gasteiger charge is 2.28. The molecular formula is C13H13NO2S2. The van der Waals surface area contributed by atoms with Gasteiger partial charge in [0.25, 0.3) is 0 Å². The minimum Gasteiger partial charge on any atom is -0.255 e. The van der Waals surface area contributed by atoms with Gasteiger partial charge >= 0.3 is 0 Å². The SMILES string of the molecule is O=S1(=O)CCC(Sc2cccc3cccnc23)C1. The summed E-state index contributed by atoms with van der Waals surface area (Å²) in [7, 11) is -2.81. The topological polar surface area (TPSA) is 47.0 Å². The summed E-state index contributed by atoms with van der Waals surface area (Å²) in [6.07, 6.45) is 2.52. The third-order valence-electron chi connectivity index (χ3n) is 3.08. The number of pyridine rings is 1. The molecule has 2 heterocycles. The van der Waals surface area contributed by atoms with Crippen LogP contribution in [0.5, 0.6) is 0 Å². The summed E-state index contributed by atoms with van der Waals surface area (Å²) in [5, 5.41) is 1.27. The number of fused-ring (bicyclic) bond motifs is 1. The van der Waals surface area contributed by atoms with Gasteiger partial charge in [-0.2, -0.15) is 0 Å². The second-order valence-corrected chi connectivity index (χ2v) is 8.05. The van der Waals surface area contributed by atoms with Gasteiger partial charge in [0.05, 0.1) is 17.0 Å². The van der Waals surface area contributed by atoms with Gasteiger partial charge < -0.3 is 0 Å². The predicted octanol–water partition coefficient (Wildman–Crippen LogP) is 2.51. The fraction of sp³-hybridized carbons (Fsp3) is 0.308. The summed E-state index contributed by atoms with van der Waals surface area (Å²) in [6, 6.07) is 9.98. The molecule has 0 amide bonds. The maximum Gasteiger partial charge on any atom is 0.151 e. The van der Waals surface area contributed by atoms with Crippen LogP contribution in [0.1, 0.15) is 6.42 Å². The normalized spacial score (nSPS) is 22.3. The van der Waals surface area contributed by atoms with E-state index in [1.165, 1.54) is 0 Å². The largest absolute Gasteiger partial charge is 0.255 e. The lowest BCUT2D eigenvalue weighted by Gasteiger charge is -2.09. The lowest BCUT2D eigenvalue weighted by Crippen LogP contribution is -2.06. The van der Waals surface area contributed by atoms with Crippen molar-refractivity contribution in [1.29, 1.82) is 0 Å². The molecule has 1 aromatic heterocycles. The van der Waals surface area contributed by atoms with E-state index in [4.69, 9.17) is 0 Å². The molecule has 1 aliphatic rings. The summed E-state index contributed by atoms with van der Waals surface area (Å²) in [5.41, 5.74) is 0.967. The van der Waals surface area contributed by atoms with Gasteiger partial charge in [0, 0.05) is 21.7 Å². The van der Waals surface area contributed by atoms with Crippen molar-refractivity contribution in [2.75, 3.05) is 11.5 Å². The van der Waals surface area contributed by atoms with E-state index in [0.717, 1.165) is 22.2 Å². The van der Waals surface area contributed by atoms with Crippen molar-refractivity contribution in [3.63, 3.8) is 0 Å². The van der Waals surface area contributed by atoms with E-state index in [-0.39, 0.29) is 5.25 Å². The Balaban J connectivity index is 1.92. The van der Waals surface area contributed by atoms with E-state index < -0.39 is 9.84 Å². The fourth-order valence-corrected chi connectivity index (χ4v) is 5.83. The minimum atomic E-state index is -2.81. The average molecular weight is 279 g/mol. The van der Waals surface area contributed by atoms with E-state index in [0.29, 0.717) is 11.5 Å². The fourth-order valence-electron chi connectivity index (χ4n) is 2.20. The summed E-state index contributed by atoms with van der Waals surface area (Å²) >= 11 is 1.64. The van der Waals surface area contributed by atoms with Crippen molar-refractivity contribution in [1.82, 2.24) is 4.98 Å². The second-order valence-electron chi connectivity index (χ2n) is 4.47. The minimum absolute atomic E-state index is 0.169.